The zero-order valence-corrected chi connectivity index (χ0v) is 15.1. The second-order valence-electron chi connectivity index (χ2n) is 6.06. The van der Waals surface area contributed by atoms with Crippen molar-refractivity contribution >= 4 is 40.3 Å². The fraction of sp³-hybridized carbons (Fsp3) is 0.278. The number of benzene rings is 2. The summed E-state index contributed by atoms with van der Waals surface area (Å²) in [6.07, 6.45) is 1.00. The van der Waals surface area contributed by atoms with E-state index in [4.69, 9.17) is 23.8 Å². The first-order valence-corrected chi connectivity index (χ1v) is 8.27. The van der Waals surface area contributed by atoms with E-state index in [1.54, 1.807) is 18.2 Å². The van der Waals surface area contributed by atoms with Crippen LogP contribution in [-0.2, 0) is 5.41 Å². The number of rotatable bonds is 4. The molecular formula is C18H21ClN2OS. The molecule has 2 aromatic rings. The van der Waals surface area contributed by atoms with Gasteiger partial charge in [-0.1, -0.05) is 38.4 Å². The molecule has 2 aromatic carbocycles. The van der Waals surface area contributed by atoms with E-state index in [9.17, 15) is 5.11 Å². The van der Waals surface area contributed by atoms with Crippen molar-refractivity contribution in [3.63, 3.8) is 0 Å². The van der Waals surface area contributed by atoms with E-state index in [-0.39, 0.29) is 11.2 Å². The van der Waals surface area contributed by atoms with Crippen LogP contribution in [-0.4, -0.2) is 10.2 Å². The van der Waals surface area contributed by atoms with Gasteiger partial charge in [0, 0.05) is 10.7 Å². The van der Waals surface area contributed by atoms with Gasteiger partial charge in [0.2, 0.25) is 0 Å². The van der Waals surface area contributed by atoms with Crippen LogP contribution < -0.4 is 10.6 Å². The topological polar surface area (TPSA) is 44.3 Å². The van der Waals surface area contributed by atoms with Crippen LogP contribution in [0.3, 0.4) is 0 Å². The third kappa shape index (κ3) is 4.60. The van der Waals surface area contributed by atoms with Crippen LogP contribution in [0.25, 0.3) is 0 Å². The molecule has 0 saturated heterocycles. The highest BCUT2D eigenvalue weighted by Crippen LogP contribution is 2.33. The molecule has 0 atom stereocenters. The predicted molar refractivity (Wildman–Crippen MR) is 103 cm³/mol. The Morgan fingerprint density at radius 1 is 1.13 bits per heavy atom. The highest BCUT2D eigenvalue weighted by molar-refractivity contribution is 7.80. The Hall–Kier alpha value is -1.78. The molecule has 0 aliphatic heterocycles. The smallest absolute Gasteiger partial charge is 0.175 e. The summed E-state index contributed by atoms with van der Waals surface area (Å²) in [6.45, 7) is 6.49. The lowest BCUT2D eigenvalue weighted by Gasteiger charge is -2.24. The number of thiocarbonyl (C=S) groups is 1. The summed E-state index contributed by atoms with van der Waals surface area (Å²) < 4.78 is 0. The lowest BCUT2D eigenvalue weighted by molar-refractivity contribution is 0.474. The van der Waals surface area contributed by atoms with Gasteiger partial charge in [-0.05, 0) is 66.0 Å². The molecule has 0 amide bonds. The monoisotopic (exact) mass is 348 g/mol. The molecule has 2 rings (SSSR count). The van der Waals surface area contributed by atoms with E-state index in [0.29, 0.717) is 15.8 Å². The van der Waals surface area contributed by atoms with Crippen molar-refractivity contribution in [1.82, 2.24) is 0 Å². The van der Waals surface area contributed by atoms with E-state index >= 15 is 0 Å². The lowest BCUT2D eigenvalue weighted by atomic mass is 9.82. The highest BCUT2D eigenvalue weighted by Gasteiger charge is 2.19. The summed E-state index contributed by atoms with van der Waals surface area (Å²) in [5.74, 6) is 0.168. The SMILES string of the molecule is CCC(C)(C)c1ccc(O)c(NC(=S)Nc2ccc(Cl)cc2)c1. The number of aromatic hydroxyl groups is 1. The molecule has 0 aliphatic rings. The van der Waals surface area contributed by atoms with Crippen molar-refractivity contribution < 1.29 is 5.11 Å². The summed E-state index contributed by atoms with van der Waals surface area (Å²) in [5.41, 5.74) is 2.61. The van der Waals surface area contributed by atoms with Gasteiger partial charge >= 0.3 is 0 Å². The zero-order valence-electron chi connectivity index (χ0n) is 13.5. The summed E-state index contributed by atoms with van der Waals surface area (Å²) in [7, 11) is 0. The third-order valence-corrected chi connectivity index (χ3v) is 4.47. The molecular weight excluding hydrogens is 328 g/mol. The Morgan fingerprint density at radius 3 is 2.39 bits per heavy atom. The fourth-order valence-electron chi connectivity index (χ4n) is 2.08. The molecule has 3 nitrogen and oxygen atoms in total. The highest BCUT2D eigenvalue weighted by atomic mass is 35.5. The molecule has 0 radical (unpaired) electrons. The number of anilines is 2. The average Bonchev–Trinajstić information content (AvgIpc) is 2.51. The van der Waals surface area contributed by atoms with Crippen LogP contribution in [0.1, 0.15) is 32.8 Å². The second-order valence-corrected chi connectivity index (χ2v) is 6.90. The minimum atomic E-state index is 0.0371. The molecule has 0 heterocycles. The van der Waals surface area contributed by atoms with Crippen LogP contribution in [0.4, 0.5) is 11.4 Å². The van der Waals surface area contributed by atoms with Crippen LogP contribution >= 0.6 is 23.8 Å². The summed E-state index contributed by atoms with van der Waals surface area (Å²) in [5, 5.41) is 17.3. The quantitative estimate of drug-likeness (QED) is 0.501. The maximum Gasteiger partial charge on any atom is 0.175 e. The fourth-order valence-corrected chi connectivity index (χ4v) is 2.43. The number of hydrogen-bond acceptors (Lipinski definition) is 2. The van der Waals surface area contributed by atoms with Crippen molar-refractivity contribution in [3.05, 3.63) is 53.1 Å². The summed E-state index contributed by atoms with van der Waals surface area (Å²) in [4.78, 5) is 0. The first-order chi connectivity index (χ1) is 10.8. The van der Waals surface area contributed by atoms with E-state index in [2.05, 4.69) is 31.4 Å². The molecule has 0 aromatic heterocycles. The van der Waals surface area contributed by atoms with Crippen LogP contribution in [0.15, 0.2) is 42.5 Å². The van der Waals surface area contributed by atoms with Gasteiger partial charge in [0.15, 0.2) is 5.11 Å². The Labute approximate surface area is 147 Å². The minimum Gasteiger partial charge on any atom is -0.506 e. The maximum absolute atomic E-state index is 10.1. The Bertz CT molecular complexity index is 699. The van der Waals surface area contributed by atoms with Gasteiger partial charge in [0.25, 0.3) is 0 Å². The van der Waals surface area contributed by atoms with Gasteiger partial charge in [-0.25, -0.2) is 0 Å². The van der Waals surface area contributed by atoms with E-state index in [1.807, 2.05) is 24.3 Å². The maximum atomic E-state index is 10.1. The van der Waals surface area contributed by atoms with Crippen molar-refractivity contribution in [2.75, 3.05) is 10.6 Å². The Morgan fingerprint density at radius 2 is 1.78 bits per heavy atom. The molecule has 0 unspecified atom stereocenters. The van der Waals surface area contributed by atoms with Gasteiger partial charge in [0.05, 0.1) is 5.69 Å². The van der Waals surface area contributed by atoms with Crippen LogP contribution in [0, 0.1) is 0 Å². The van der Waals surface area contributed by atoms with Gasteiger partial charge in [-0.2, -0.15) is 0 Å². The van der Waals surface area contributed by atoms with Gasteiger partial charge in [0.1, 0.15) is 5.75 Å². The minimum absolute atomic E-state index is 0.0371. The first-order valence-electron chi connectivity index (χ1n) is 7.49. The summed E-state index contributed by atoms with van der Waals surface area (Å²) in [6, 6.07) is 12.8. The number of hydrogen-bond donors (Lipinski definition) is 3. The molecule has 3 N–H and O–H groups in total. The van der Waals surface area contributed by atoms with Crippen LogP contribution in [0.2, 0.25) is 5.02 Å². The van der Waals surface area contributed by atoms with E-state index < -0.39 is 0 Å². The standard InChI is InChI=1S/C18H21ClN2OS/c1-4-18(2,3)12-5-10-16(22)15(11-12)21-17(23)20-14-8-6-13(19)7-9-14/h5-11,22H,4H2,1-3H3,(H2,20,21,23). The molecule has 23 heavy (non-hydrogen) atoms. The Balaban J connectivity index is 2.14. The first kappa shape index (κ1) is 17.6. The number of phenolic OH excluding ortho intramolecular Hbond substituents is 1. The number of halogens is 1. The molecule has 0 bridgehead atoms. The van der Waals surface area contributed by atoms with Gasteiger partial charge in [-0.3, -0.25) is 0 Å². The molecule has 5 heteroatoms. The predicted octanol–water partition coefficient (Wildman–Crippen LogP) is 5.54. The normalized spacial score (nSPS) is 11.1. The Kier molecular flexibility index (Phi) is 5.50. The molecule has 0 aliphatic carbocycles. The van der Waals surface area contributed by atoms with Crippen molar-refractivity contribution in [1.29, 1.82) is 0 Å². The van der Waals surface area contributed by atoms with Crippen molar-refractivity contribution in [3.8, 4) is 5.75 Å². The lowest BCUT2D eigenvalue weighted by Crippen LogP contribution is -2.20. The van der Waals surface area contributed by atoms with E-state index in [1.165, 1.54) is 0 Å². The molecule has 0 fully saturated rings. The largest absolute Gasteiger partial charge is 0.506 e. The third-order valence-electron chi connectivity index (χ3n) is 4.01. The number of phenols is 1. The molecule has 0 spiro atoms. The zero-order chi connectivity index (χ0) is 17.0. The molecule has 0 saturated carbocycles. The van der Waals surface area contributed by atoms with Crippen molar-refractivity contribution in [2.45, 2.75) is 32.6 Å². The summed E-state index contributed by atoms with van der Waals surface area (Å²) >= 11 is 11.2. The van der Waals surface area contributed by atoms with Gasteiger partial charge < -0.3 is 15.7 Å². The van der Waals surface area contributed by atoms with Gasteiger partial charge in [-0.15, -0.1) is 0 Å². The molecule has 122 valence electrons. The van der Waals surface area contributed by atoms with Crippen LogP contribution in [0.5, 0.6) is 5.75 Å². The van der Waals surface area contributed by atoms with Crippen molar-refractivity contribution in [2.24, 2.45) is 0 Å². The number of nitrogens with one attached hydrogen (secondary N) is 2. The average molecular weight is 349 g/mol. The second kappa shape index (κ2) is 7.20. The van der Waals surface area contributed by atoms with E-state index in [0.717, 1.165) is 17.7 Å².